The van der Waals surface area contributed by atoms with Crippen molar-refractivity contribution in [3.05, 3.63) is 40.9 Å². The Labute approximate surface area is 160 Å². The number of hydrogen-bond acceptors (Lipinski definition) is 4. The second-order valence-corrected chi connectivity index (χ2v) is 7.11. The molecule has 0 aliphatic heterocycles. The van der Waals surface area contributed by atoms with Gasteiger partial charge < -0.3 is 11.1 Å². The zero-order valence-corrected chi connectivity index (χ0v) is 16.6. The van der Waals surface area contributed by atoms with E-state index < -0.39 is 0 Å². The van der Waals surface area contributed by atoms with Crippen molar-refractivity contribution in [3.8, 4) is 10.6 Å². The van der Waals surface area contributed by atoms with E-state index in [1.54, 1.807) is 11.3 Å². The molecule has 0 radical (unpaired) electrons. The second kappa shape index (κ2) is 11.2. The van der Waals surface area contributed by atoms with Gasteiger partial charge in [-0.2, -0.15) is 0 Å². The second-order valence-electron chi connectivity index (χ2n) is 6.08. The average molecular weight is 382 g/mol. The summed E-state index contributed by atoms with van der Waals surface area (Å²) >= 11 is 1.66. The van der Waals surface area contributed by atoms with Gasteiger partial charge in [-0.3, -0.25) is 4.79 Å². The number of benzene rings is 1. The van der Waals surface area contributed by atoms with Crippen LogP contribution in [-0.4, -0.2) is 17.4 Å². The number of carbonyl (C=O) groups is 1. The molecule has 6 heteroatoms. The summed E-state index contributed by atoms with van der Waals surface area (Å²) in [6.45, 7) is 4.77. The fraction of sp³-hybridized carbons (Fsp3) is 0.474. The number of nitrogens with one attached hydrogen (secondary N) is 1. The molecule has 0 saturated heterocycles. The third-order valence-corrected chi connectivity index (χ3v) is 5.37. The van der Waals surface area contributed by atoms with Gasteiger partial charge in [0.05, 0.1) is 16.6 Å². The first-order valence-electron chi connectivity index (χ1n) is 8.64. The summed E-state index contributed by atoms with van der Waals surface area (Å²) in [6.07, 6.45) is 4.72. The molecule has 3 N–H and O–H groups in total. The summed E-state index contributed by atoms with van der Waals surface area (Å²) in [5, 5.41) is 4.11. The van der Waals surface area contributed by atoms with Crippen molar-refractivity contribution in [1.82, 2.24) is 10.3 Å². The van der Waals surface area contributed by atoms with Gasteiger partial charge in [0.15, 0.2) is 0 Å². The molecule has 1 unspecified atom stereocenters. The van der Waals surface area contributed by atoms with Crippen LogP contribution in [0.4, 0.5) is 0 Å². The number of aryl methyl sites for hydroxylation is 1. The maximum atomic E-state index is 12.1. The summed E-state index contributed by atoms with van der Waals surface area (Å²) in [5.41, 5.74) is 7.59. The number of amides is 1. The predicted molar refractivity (Wildman–Crippen MR) is 108 cm³/mol. The molecule has 1 aromatic heterocycles. The molecule has 0 aliphatic carbocycles. The Hall–Kier alpha value is -1.43. The monoisotopic (exact) mass is 381 g/mol. The number of halogens is 1. The van der Waals surface area contributed by atoms with Crippen molar-refractivity contribution in [2.24, 2.45) is 5.73 Å². The van der Waals surface area contributed by atoms with Crippen molar-refractivity contribution >= 4 is 29.7 Å². The first-order valence-corrected chi connectivity index (χ1v) is 9.45. The summed E-state index contributed by atoms with van der Waals surface area (Å²) in [7, 11) is 0. The Morgan fingerprint density at radius 1 is 1.20 bits per heavy atom. The summed E-state index contributed by atoms with van der Waals surface area (Å²) in [5.74, 6) is 0.115. The highest BCUT2D eigenvalue weighted by Crippen LogP contribution is 2.31. The molecule has 0 bridgehead atoms. The Balaban J connectivity index is 0.00000312. The van der Waals surface area contributed by atoms with Gasteiger partial charge in [0.2, 0.25) is 5.91 Å². The first kappa shape index (κ1) is 21.6. The molecule has 4 nitrogen and oxygen atoms in total. The Morgan fingerprint density at radius 2 is 1.88 bits per heavy atom. The number of thiazole rings is 1. The zero-order valence-electron chi connectivity index (χ0n) is 15.0. The summed E-state index contributed by atoms with van der Waals surface area (Å²) in [4.78, 5) is 17.9. The molecule has 0 fully saturated rings. The number of nitrogens with zero attached hydrogens (tertiary/aromatic N) is 1. The van der Waals surface area contributed by atoms with Gasteiger partial charge in [-0.25, -0.2) is 4.98 Å². The van der Waals surface area contributed by atoms with E-state index in [1.165, 1.54) is 0 Å². The van der Waals surface area contributed by atoms with Crippen LogP contribution in [0.2, 0.25) is 0 Å². The molecule has 0 aliphatic rings. The van der Waals surface area contributed by atoms with E-state index in [0.29, 0.717) is 6.42 Å². The van der Waals surface area contributed by atoms with E-state index in [9.17, 15) is 4.79 Å². The third-order valence-electron chi connectivity index (χ3n) is 3.98. The van der Waals surface area contributed by atoms with Gasteiger partial charge in [0.25, 0.3) is 0 Å². The maximum absolute atomic E-state index is 12.1. The third kappa shape index (κ3) is 6.77. The molecule has 25 heavy (non-hydrogen) atoms. The highest BCUT2D eigenvalue weighted by atomic mass is 35.5. The van der Waals surface area contributed by atoms with Crippen LogP contribution < -0.4 is 11.1 Å². The Kier molecular flexibility index (Phi) is 9.71. The SMILES string of the molecule is Cc1nc(-c2ccccc2)sc1C(C)NC(=O)CCCCCCN.Cl. The normalized spacial score (nSPS) is 11.6. The molecule has 1 amide bonds. The van der Waals surface area contributed by atoms with E-state index >= 15 is 0 Å². The van der Waals surface area contributed by atoms with Crippen LogP contribution in [0.15, 0.2) is 30.3 Å². The summed E-state index contributed by atoms with van der Waals surface area (Å²) in [6, 6.07) is 10.2. The van der Waals surface area contributed by atoms with Crippen LogP contribution in [0.25, 0.3) is 10.6 Å². The van der Waals surface area contributed by atoms with Crippen LogP contribution in [0.1, 0.15) is 55.6 Å². The van der Waals surface area contributed by atoms with Gasteiger partial charge >= 0.3 is 0 Å². The molecule has 2 rings (SSSR count). The maximum Gasteiger partial charge on any atom is 0.220 e. The zero-order chi connectivity index (χ0) is 17.4. The van der Waals surface area contributed by atoms with E-state index in [2.05, 4.69) is 22.4 Å². The molecular weight excluding hydrogens is 354 g/mol. The molecule has 138 valence electrons. The minimum Gasteiger partial charge on any atom is -0.349 e. The van der Waals surface area contributed by atoms with Crippen LogP contribution in [0, 0.1) is 6.92 Å². The molecule has 2 aromatic rings. The van der Waals surface area contributed by atoms with Crippen molar-refractivity contribution in [1.29, 1.82) is 0 Å². The van der Waals surface area contributed by atoms with E-state index in [4.69, 9.17) is 5.73 Å². The first-order chi connectivity index (χ1) is 11.6. The topological polar surface area (TPSA) is 68.0 Å². The number of aromatic nitrogens is 1. The van der Waals surface area contributed by atoms with Gasteiger partial charge in [-0.15, -0.1) is 23.7 Å². The number of rotatable bonds is 9. The van der Waals surface area contributed by atoms with Gasteiger partial charge in [0, 0.05) is 12.0 Å². The smallest absolute Gasteiger partial charge is 0.220 e. The Bertz CT molecular complexity index is 645. The van der Waals surface area contributed by atoms with E-state index in [-0.39, 0.29) is 24.4 Å². The lowest BCUT2D eigenvalue weighted by molar-refractivity contribution is -0.121. The van der Waals surface area contributed by atoms with Gasteiger partial charge in [-0.1, -0.05) is 43.2 Å². The van der Waals surface area contributed by atoms with Crippen LogP contribution in [0.3, 0.4) is 0 Å². The standard InChI is InChI=1S/C19H27N3OS.ClH/c1-14(21-17(23)12-8-3-4-9-13-20)18-15(2)22-19(24-18)16-10-6-5-7-11-16;/h5-7,10-11,14H,3-4,8-9,12-13,20H2,1-2H3,(H,21,23);1H. The lowest BCUT2D eigenvalue weighted by Gasteiger charge is -2.12. The number of unbranched alkanes of at least 4 members (excludes halogenated alkanes) is 3. The van der Waals surface area contributed by atoms with E-state index in [1.807, 2.05) is 32.0 Å². The lowest BCUT2D eigenvalue weighted by Crippen LogP contribution is -2.26. The van der Waals surface area contributed by atoms with Crippen molar-refractivity contribution < 1.29 is 4.79 Å². The van der Waals surface area contributed by atoms with Crippen molar-refractivity contribution in [2.75, 3.05) is 6.54 Å². The fourth-order valence-electron chi connectivity index (χ4n) is 2.68. The molecule has 1 aromatic carbocycles. The number of hydrogen-bond donors (Lipinski definition) is 2. The van der Waals surface area contributed by atoms with Gasteiger partial charge in [-0.05, 0) is 33.2 Å². The largest absolute Gasteiger partial charge is 0.349 e. The van der Waals surface area contributed by atoms with Crippen LogP contribution in [0.5, 0.6) is 0 Å². The van der Waals surface area contributed by atoms with Gasteiger partial charge in [0.1, 0.15) is 5.01 Å². The highest BCUT2D eigenvalue weighted by Gasteiger charge is 2.17. The predicted octanol–water partition coefficient (Wildman–Crippen LogP) is 4.63. The van der Waals surface area contributed by atoms with E-state index in [0.717, 1.165) is 53.4 Å². The molecular formula is C19H28ClN3OS. The molecule has 0 saturated carbocycles. The molecule has 1 atom stereocenters. The number of carbonyl (C=O) groups excluding carboxylic acids is 1. The lowest BCUT2D eigenvalue weighted by atomic mass is 10.1. The highest BCUT2D eigenvalue weighted by molar-refractivity contribution is 7.15. The average Bonchev–Trinajstić information content (AvgIpc) is 2.97. The quantitative estimate of drug-likeness (QED) is 0.622. The minimum absolute atomic E-state index is 0. The molecule has 0 spiro atoms. The van der Waals surface area contributed by atoms with Crippen LogP contribution >= 0.6 is 23.7 Å². The summed E-state index contributed by atoms with van der Waals surface area (Å²) < 4.78 is 0. The van der Waals surface area contributed by atoms with Crippen molar-refractivity contribution in [2.45, 2.75) is 52.0 Å². The number of nitrogens with two attached hydrogens (primary N) is 1. The fourth-order valence-corrected chi connectivity index (χ4v) is 3.75. The van der Waals surface area contributed by atoms with Crippen molar-refractivity contribution in [3.63, 3.8) is 0 Å². The molecule has 1 heterocycles. The minimum atomic E-state index is -0.00324. The Morgan fingerprint density at radius 3 is 2.56 bits per heavy atom. The van der Waals surface area contributed by atoms with Crippen LogP contribution in [-0.2, 0) is 4.79 Å².